The van der Waals surface area contributed by atoms with Crippen molar-refractivity contribution in [2.75, 3.05) is 38.0 Å². The molecule has 2 heterocycles. The SMILES string of the molecule is CCN1CCN(Cc2ccc(NC(=O)c3cncc(Br)c3)cc2C(F)(F)F)CC1. The highest BCUT2D eigenvalue weighted by atomic mass is 79.9. The van der Waals surface area contributed by atoms with Crippen LogP contribution in [0.1, 0.15) is 28.4 Å². The summed E-state index contributed by atoms with van der Waals surface area (Å²) in [6.07, 6.45) is -1.62. The quantitative estimate of drug-likeness (QED) is 0.709. The zero-order valence-corrected chi connectivity index (χ0v) is 17.6. The van der Waals surface area contributed by atoms with Crippen LogP contribution in [0.25, 0.3) is 0 Å². The lowest BCUT2D eigenvalue weighted by Crippen LogP contribution is -2.45. The molecule has 9 heteroatoms. The van der Waals surface area contributed by atoms with Crippen LogP contribution in [0.3, 0.4) is 0 Å². The third-order valence-corrected chi connectivity index (χ3v) is 5.38. The van der Waals surface area contributed by atoms with Gasteiger partial charge in [-0.05, 0) is 46.2 Å². The fraction of sp³-hybridized carbons (Fsp3) is 0.400. The van der Waals surface area contributed by atoms with E-state index in [1.165, 1.54) is 24.5 Å². The average Bonchev–Trinajstić information content (AvgIpc) is 2.69. The molecule has 0 atom stereocenters. The van der Waals surface area contributed by atoms with Crippen LogP contribution < -0.4 is 5.32 Å². The second kappa shape index (κ2) is 9.23. The minimum Gasteiger partial charge on any atom is -0.322 e. The van der Waals surface area contributed by atoms with Gasteiger partial charge in [-0.2, -0.15) is 13.2 Å². The van der Waals surface area contributed by atoms with Crippen molar-refractivity contribution in [3.05, 3.63) is 57.8 Å². The number of aromatic nitrogens is 1. The van der Waals surface area contributed by atoms with Gasteiger partial charge in [-0.1, -0.05) is 13.0 Å². The molecular weight excluding hydrogens is 449 g/mol. The van der Waals surface area contributed by atoms with Crippen molar-refractivity contribution in [3.8, 4) is 0 Å². The summed E-state index contributed by atoms with van der Waals surface area (Å²) in [5, 5.41) is 2.52. The zero-order chi connectivity index (χ0) is 21.0. The number of anilines is 1. The number of alkyl halides is 3. The lowest BCUT2D eigenvalue weighted by molar-refractivity contribution is -0.138. The Morgan fingerprint density at radius 1 is 1.14 bits per heavy atom. The summed E-state index contributed by atoms with van der Waals surface area (Å²) in [7, 11) is 0. The molecule has 1 saturated heterocycles. The summed E-state index contributed by atoms with van der Waals surface area (Å²) in [6.45, 7) is 6.44. The summed E-state index contributed by atoms with van der Waals surface area (Å²) in [5.41, 5.74) is -0.155. The molecule has 1 aliphatic heterocycles. The van der Waals surface area contributed by atoms with Gasteiger partial charge in [0.1, 0.15) is 0 Å². The van der Waals surface area contributed by atoms with Crippen LogP contribution >= 0.6 is 15.9 Å². The summed E-state index contributed by atoms with van der Waals surface area (Å²) in [4.78, 5) is 20.5. The number of rotatable bonds is 5. The molecule has 0 bridgehead atoms. The Labute approximate surface area is 176 Å². The van der Waals surface area contributed by atoms with Gasteiger partial charge in [0, 0.05) is 55.3 Å². The first-order valence-corrected chi connectivity index (χ1v) is 10.1. The third-order valence-electron chi connectivity index (χ3n) is 4.95. The molecule has 5 nitrogen and oxygen atoms in total. The topological polar surface area (TPSA) is 48.5 Å². The molecule has 1 N–H and O–H groups in total. The van der Waals surface area contributed by atoms with Crippen molar-refractivity contribution < 1.29 is 18.0 Å². The normalized spacial score (nSPS) is 16.0. The minimum atomic E-state index is -4.50. The summed E-state index contributed by atoms with van der Waals surface area (Å²) < 4.78 is 41.6. The first-order valence-electron chi connectivity index (χ1n) is 9.33. The number of amides is 1. The molecule has 1 amide bonds. The van der Waals surface area contributed by atoms with Crippen molar-refractivity contribution in [3.63, 3.8) is 0 Å². The van der Waals surface area contributed by atoms with E-state index in [2.05, 4.69) is 38.1 Å². The highest BCUT2D eigenvalue weighted by molar-refractivity contribution is 9.10. The molecule has 0 aliphatic carbocycles. The van der Waals surface area contributed by atoms with Gasteiger partial charge in [-0.25, -0.2) is 0 Å². The maximum absolute atomic E-state index is 13.7. The number of hydrogen-bond donors (Lipinski definition) is 1. The number of benzene rings is 1. The Bertz CT molecular complexity index is 867. The molecular formula is C20H22BrF3N4O. The third kappa shape index (κ3) is 5.77. The summed E-state index contributed by atoms with van der Waals surface area (Å²) in [6, 6.07) is 5.51. The number of nitrogens with one attached hydrogen (secondary N) is 1. The second-order valence-electron chi connectivity index (χ2n) is 6.93. The van der Waals surface area contributed by atoms with Crippen molar-refractivity contribution >= 4 is 27.5 Å². The Balaban J connectivity index is 1.76. The number of piperazine rings is 1. The van der Waals surface area contributed by atoms with E-state index in [4.69, 9.17) is 0 Å². The van der Waals surface area contributed by atoms with Gasteiger partial charge in [0.25, 0.3) is 5.91 Å². The Morgan fingerprint density at radius 2 is 1.83 bits per heavy atom. The summed E-state index contributed by atoms with van der Waals surface area (Å²) in [5.74, 6) is -0.518. The lowest BCUT2D eigenvalue weighted by atomic mass is 10.0. The van der Waals surface area contributed by atoms with Crippen LogP contribution in [0.4, 0.5) is 18.9 Å². The van der Waals surface area contributed by atoms with Crippen molar-refractivity contribution in [1.29, 1.82) is 0 Å². The fourth-order valence-electron chi connectivity index (χ4n) is 3.30. The monoisotopic (exact) mass is 470 g/mol. The molecule has 2 aromatic rings. The van der Waals surface area contributed by atoms with Crippen molar-refractivity contribution in [2.24, 2.45) is 0 Å². The molecule has 0 saturated carbocycles. The van der Waals surface area contributed by atoms with Gasteiger partial charge in [0.2, 0.25) is 0 Å². The van der Waals surface area contributed by atoms with E-state index in [-0.39, 0.29) is 23.4 Å². The van der Waals surface area contributed by atoms with E-state index in [1.54, 1.807) is 6.07 Å². The van der Waals surface area contributed by atoms with Crippen LogP contribution in [0.15, 0.2) is 41.1 Å². The predicted octanol–water partition coefficient (Wildman–Crippen LogP) is 4.25. The number of nitrogens with zero attached hydrogens (tertiary/aromatic N) is 3. The average molecular weight is 471 g/mol. The predicted molar refractivity (Wildman–Crippen MR) is 109 cm³/mol. The molecule has 29 heavy (non-hydrogen) atoms. The van der Waals surface area contributed by atoms with Crippen LogP contribution in [0.2, 0.25) is 0 Å². The highest BCUT2D eigenvalue weighted by Gasteiger charge is 2.34. The van der Waals surface area contributed by atoms with Crippen molar-refractivity contribution in [2.45, 2.75) is 19.6 Å². The van der Waals surface area contributed by atoms with E-state index >= 15 is 0 Å². The molecule has 0 unspecified atom stereocenters. The molecule has 1 aromatic carbocycles. The lowest BCUT2D eigenvalue weighted by Gasteiger charge is -2.34. The maximum atomic E-state index is 13.7. The van der Waals surface area contributed by atoms with Gasteiger partial charge in [0.05, 0.1) is 11.1 Å². The molecule has 3 rings (SSSR count). The Kier molecular flexibility index (Phi) is 6.92. The van der Waals surface area contributed by atoms with Crippen LogP contribution in [-0.2, 0) is 12.7 Å². The van der Waals surface area contributed by atoms with E-state index in [0.29, 0.717) is 4.47 Å². The van der Waals surface area contributed by atoms with Crippen LogP contribution in [0.5, 0.6) is 0 Å². The Morgan fingerprint density at radius 3 is 2.45 bits per heavy atom. The number of hydrogen-bond acceptors (Lipinski definition) is 4. The zero-order valence-electron chi connectivity index (χ0n) is 16.0. The second-order valence-corrected chi connectivity index (χ2v) is 7.84. The van der Waals surface area contributed by atoms with Crippen LogP contribution in [0, 0.1) is 0 Å². The number of likely N-dealkylation sites (N-methyl/N-ethyl adjacent to an activating group) is 1. The van der Waals surface area contributed by atoms with Gasteiger partial charge in [-0.15, -0.1) is 0 Å². The fourth-order valence-corrected chi connectivity index (χ4v) is 3.66. The van der Waals surface area contributed by atoms with Gasteiger partial charge in [0.15, 0.2) is 0 Å². The van der Waals surface area contributed by atoms with E-state index in [1.807, 2.05) is 4.90 Å². The molecule has 1 aliphatic rings. The van der Waals surface area contributed by atoms with Gasteiger partial charge >= 0.3 is 6.18 Å². The largest absolute Gasteiger partial charge is 0.416 e. The number of halogens is 4. The molecule has 1 fully saturated rings. The van der Waals surface area contributed by atoms with Crippen molar-refractivity contribution in [1.82, 2.24) is 14.8 Å². The minimum absolute atomic E-state index is 0.0989. The van der Waals surface area contributed by atoms with E-state index in [0.717, 1.165) is 38.8 Å². The van der Waals surface area contributed by atoms with E-state index in [9.17, 15) is 18.0 Å². The highest BCUT2D eigenvalue weighted by Crippen LogP contribution is 2.34. The van der Waals surface area contributed by atoms with Gasteiger partial charge in [-0.3, -0.25) is 14.7 Å². The standard InChI is InChI=1S/C20H22BrF3N4O/c1-2-27-5-7-28(8-6-27)13-14-3-4-17(10-18(14)20(22,23)24)26-19(29)15-9-16(21)12-25-11-15/h3-4,9-12H,2,5-8,13H2,1H3,(H,26,29). The summed E-state index contributed by atoms with van der Waals surface area (Å²) >= 11 is 3.22. The smallest absolute Gasteiger partial charge is 0.322 e. The molecule has 156 valence electrons. The molecule has 0 radical (unpaired) electrons. The maximum Gasteiger partial charge on any atom is 0.416 e. The molecule has 1 aromatic heterocycles. The molecule has 0 spiro atoms. The first-order chi connectivity index (χ1) is 13.8. The van der Waals surface area contributed by atoms with E-state index < -0.39 is 17.6 Å². The number of carbonyl (C=O) groups is 1. The van der Waals surface area contributed by atoms with Gasteiger partial charge < -0.3 is 10.2 Å². The number of carbonyl (C=O) groups excluding carboxylic acids is 1. The Hall–Kier alpha value is -1.97. The number of pyridine rings is 1. The van der Waals surface area contributed by atoms with Crippen LogP contribution in [-0.4, -0.2) is 53.4 Å². The first kappa shape index (κ1) is 21.7.